The van der Waals surface area contributed by atoms with Gasteiger partial charge in [0, 0.05) is 31.1 Å². The van der Waals surface area contributed by atoms with Gasteiger partial charge in [0.25, 0.3) is 0 Å². The summed E-state index contributed by atoms with van der Waals surface area (Å²) in [7, 11) is 0. The third-order valence-corrected chi connectivity index (χ3v) is 14.1. The van der Waals surface area contributed by atoms with Crippen molar-refractivity contribution in [3.05, 3.63) is 12.2 Å². The average molecular weight is 573 g/mol. The fourth-order valence-electron chi connectivity index (χ4n) is 12.2. The van der Waals surface area contributed by atoms with Crippen molar-refractivity contribution in [3.8, 4) is 0 Å². The van der Waals surface area contributed by atoms with Crippen molar-refractivity contribution < 1.29 is 34.1 Å². The van der Waals surface area contributed by atoms with Crippen molar-refractivity contribution >= 4 is 17.9 Å². The minimum atomic E-state index is -0.988. The molecular weight excluding hydrogens is 520 g/mol. The minimum absolute atomic E-state index is 0.0143. The van der Waals surface area contributed by atoms with Crippen molar-refractivity contribution in [3.63, 3.8) is 0 Å². The fourth-order valence-corrected chi connectivity index (χ4v) is 12.2. The number of aliphatic carboxylic acids is 1. The highest BCUT2D eigenvalue weighted by molar-refractivity contribution is 5.77. The number of carboxylic acid groups (broad SMARTS) is 1. The molecule has 0 heterocycles. The molecule has 0 saturated heterocycles. The number of hydrogen-bond acceptors (Lipinski definition) is 6. The molecule has 5 rings (SSSR count). The van der Waals surface area contributed by atoms with Crippen LogP contribution in [-0.4, -0.2) is 46.4 Å². The van der Waals surface area contributed by atoms with E-state index in [1.807, 2.05) is 0 Å². The number of rotatable bonds is 4. The van der Waals surface area contributed by atoms with E-state index in [0.29, 0.717) is 25.7 Å². The van der Waals surface area contributed by atoms with Crippen LogP contribution >= 0.6 is 0 Å². The monoisotopic (exact) mass is 572 g/mol. The molecule has 0 spiro atoms. The van der Waals surface area contributed by atoms with E-state index < -0.39 is 45.9 Å². The molecule has 41 heavy (non-hydrogen) atoms. The maximum absolute atomic E-state index is 13.9. The third-order valence-electron chi connectivity index (χ3n) is 14.1. The van der Waals surface area contributed by atoms with Crippen molar-refractivity contribution in [2.24, 2.45) is 56.7 Å². The van der Waals surface area contributed by atoms with Crippen LogP contribution in [0.3, 0.4) is 0 Å². The normalized spacial score (nSPS) is 49.9. The summed E-state index contributed by atoms with van der Waals surface area (Å²) in [6.07, 6.45) is 4.09. The number of carbonyl (C=O) groups is 3. The predicted octanol–water partition coefficient (Wildman–Crippen LogP) is 6.17. The molecule has 0 aliphatic heterocycles. The second-order valence-electron chi connectivity index (χ2n) is 15.9. The number of carbonyl (C=O) groups excluding carboxylic acids is 2. The molecule has 7 heteroatoms. The number of carboxylic acids is 1. The molecule has 0 amide bonds. The van der Waals surface area contributed by atoms with Gasteiger partial charge in [-0.05, 0) is 92.3 Å². The largest absolute Gasteiger partial charge is 0.481 e. The Morgan fingerprint density at radius 1 is 0.805 bits per heavy atom. The third kappa shape index (κ3) is 3.88. The number of aliphatic hydroxyl groups is 1. The van der Waals surface area contributed by atoms with Crippen molar-refractivity contribution in [1.82, 2.24) is 0 Å². The summed E-state index contributed by atoms with van der Waals surface area (Å²) in [5.74, 6) is -1.13. The Balaban J connectivity index is 1.65. The summed E-state index contributed by atoms with van der Waals surface area (Å²) >= 11 is 0. The first kappa shape index (κ1) is 30.6. The van der Waals surface area contributed by atoms with Crippen LogP contribution in [0.2, 0.25) is 0 Å². The number of fused-ring (bicyclic) bond motifs is 7. The van der Waals surface area contributed by atoms with Crippen LogP contribution < -0.4 is 0 Å². The number of hydrogen-bond donors (Lipinski definition) is 2. The van der Waals surface area contributed by atoms with Crippen molar-refractivity contribution in [2.45, 2.75) is 125 Å². The summed E-state index contributed by atoms with van der Waals surface area (Å²) in [5, 5.41) is 22.7. The standard InChI is InChI=1S/C34H52O7/c1-18(2)21-16-25(37)31(7)14-15-32(8)22(28(21)31)10-11-24-33(9)23(12-13-34(24,32)29(38)39)30(5,6)26(40-19(3)35)17-27(33)41-20(4)36/h21-28,37H,1,10-17H2,2-9H3,(H,38,39). The zero-order valence-electron chi connectivity index (χ0n) is 26.4. The molecule has 0 aromatic heterocycles. The maximum Gasteiger partial charge on any atom is 0.310 e. The molecule has 5 aliphatic carbocycles. The van der Waals surface area contributed by atoms with Gasteiger partial charge in [0.15, 0.2) is 0 Å². The van der Waals surface area contributed by atoms with Crippen molar-refractivity contribution in [2.75, 3.05) is 0 Å². The Labute approximate surface area is 245 Å². The number of ether oxygens (including phenoxy) is 2. The minimum Gasteiger partial charge on any atom is -0.481 e. The average Bonchev–Trinajstić information content (AvgIpc) is 3.12. The molecule has 2 N–H and O–H groups in total. The Bertz CT molecular complexity index is 1140. The highest BCUT2D eigenvalue weighted by Gasteiger charge is 2.77. The van der Waals surface area contributed by atoms with Gasteiger partial charge in [0.05, 0.1) is 11.5 Å². The number of esters is 2. The second-order valence-corrected chi connectivity index (χ2v) is 15.9. The lowest BCUT2D eigenvalue weighted by Crippen LogP contribution is -2.72. The van der Waals surface area contributed by atoms with Gasteiger partial charge in [-0.15, -0.1) is 0 Å². The van der Waals surface area contributed by atoms with E-state index in [0.717, 1.165) is 31.3 Å². The SMILES string of the molecule is C=C(C)C1CC(O)C2(C)CCC3(C)C(CCC4C5(C)C(OC(C)=O)CC(OC(C)=O)C(C)(C)C5CCC43C(=O)O)C12. The molecular formula is C34H52O7. The molecule has 0 aromatic carbocycles. The van der Waals surface area contributed by atoms with Gasteiger partial charge in [0.1, 0.15) is 12.2 Å². The Hall–Kier alpha value is -1.89. The Morgan fingerprint density at radius 2 is 1.41 bits per heavy atom. The van der Waals surface area contributed by atoms with Crippen LogP contribution in [0.4, 0.5) is 0 Å². The molecule has 12 atom stereocenters. The first-order chi connectivity index (χ1) is 18.9. The molecule has 0 radical (unpaired) electrons. The van der Waals surface area contributed by atoms with Gasteiger partial charge in [-0.2, -0.15) is 0 Å². The van der Waals surface area contributed by atoms with Gasteiger partial charge in [-0.1, -0.05) is 46.8 Å². The van der Waals surface area contributed by atoms with Crippen LogP contribution in [0.15, 0.2) is 12.2 Å². The molecule has 0 aromatic rings. The zero-order valence-corrected chi connectivity index (χ0v) is 26.4. The zero-order chi connectivity index (χ0) is 30.5. The highest BCUT2D eigenvalue weighted by atomic mass is 16.6. The van der Waals surface area contributed by atoms with Gasteiger partial charge in [-0.25, -0.2) is 0 Å². The van der Waals surface area contributed by atoms with Gasteiger partial charge in [0.2, 0.25) is 0 Å². The Kier molecular flexibility index (Phi) is 7.12. The molecule has 12 unspecified atom stereocenters. The van der Waals surface area contributed by atoms with Gasteiger partial charge in [-0.3, -0.25) is 14.4 Å². The van der Waals surface area contributed by atoms with E-state index in [-0.39, 0.29) is 46.9 Å². The van der Waals surface area contributed by atoms with Crippen LogP contribution in [0.25, 0.3) is 0 Å². The fraction of sp³-hybridized carbons (Fsp3) is 0.853. The molecule has 5 aliphatic rings. The molecule has 0 bridgehead atoms. The van der Waals surface area contributed by atoms with Gasteiger partial charge < -0.3 is 19.7 Å². The summed E-state index contributed by atoms with van der Waals surface area (Å²) in [5.41, 5.74) is -1.63. The lowest BCUT2D eigenvalue weighted by Gasteiger charge is -2.72. The lowest BCUT2D eigenvalue weighted by molar-refractivity contribution is -0.281. The van der Waals surface area contributed by atoms with E-state index in [1.165, 1.54) is 13.8 Å². The molecule has 5 saturated carbocycles. The molecule has 7 nitrogen and oxygen atoms in total. The first-order valence-electron chi connectivity index (χ1n) is 15.8. The van der Waals surface area contributed by atoms with E-state index in [1.54, 1.807) is 0 Å². The lowest BCUT2D eigenvalue weighted by atomic mass is 9.31. The van der Waals surface area contributed by atoms with Crippen LogP contribution in [0.1, 0.15) is 107 Å². The first-order valence-corrected chi connectivity index (χ1v) is 15.8. The number of allylic oxidation sites excluding steroid dienone is 1. The van der Waals surface area contributed by atoms with E-state index in [2.05, 4.69) is 48.1 Å². The number of aliphatic hydroxyl groups excluding tert-OH is 1. The molecule has 230 valence electrons. The smallest absolute Gasteiger partial charge is 0.310 e. The van der Waals surface area contributed by atoms with E-state index in [9.17, 15) is 24.6 Å². The van der Waals surface area contributed by atoms with E-state index >= 15 is 0 Å². The second kappa shape index (κ2) is 9.56. The summed E-state index contributed by atoms with van der Waals surface area (Å²) in [4.78, 5) is 38.5. The summed E-state index contributed by atoms with van der Waals surface area (Å²) in [6.45, 7) is 20.1. The summed E-state index contributed by atoms with van der Waals surface area (Å²) < 4.78 is 11.9. The predicted molar refractivity (Wildman–Crippen MR) is 154 cm³/mol. The molecule has 5 fully saturated rings. The highest BCUT2D eigenvalue weighted by Crippen LogP contribution is 2.78. The maximum atomic E-state index is 13.9. The van der Waals surface area contributed by atoms with Crippen LogP contribution in [-0.2, 0) is 23.9 Å². The van der Waals surface area contributed by atoms with Crippen molar-refractivity contribution in [1.29, 1.82) is 0 Å². The quantitative estimate of drug-likeness (QED) is 0.306. The van der Waals surface area contributed by atoms with E-state index in [4.69, 9.17) is 9.47 Å². The topological polar surface area (TPSA) is 110 Å². The Morgan fingerprint density at radius 3 is 1.98 bits per heavy atom. The van der Waals surface area contributed by atoms with Crippen LogP contribution in [0.5, 0.6) is 0 Å². The van der Waals surface area contributed by atoms with Gasteiger partial charge >= 0.3 is 17.9 Å². The van der Waals surface area contributed by atoms with Crippen LogP contribution in [0, 0.1) is 56.7 Å². The summed E-state index contributed by atoms with van der Waals surface area (Å²) in [6, 6.07) is 0.